The minimum Gasteiger partial charge on any atom is -0.305 e. The normalized spacial score (nSPS) is 14.3. The van der Waals surface area contributed by atoms with Crippen LogP contribution < -0.4 is 5.32 Å². The molecule has 4 heteroatoms. The van der Waals surface area contributed by atoms with Gasteiger partial charge in [-0.3, -0.25) is 0 Å². The summed E-state index contributed by atoms with van der Waals surface area (Å²) in [4.78, 5) is 0. The molecule has 114 valence electrons. The summed E-state index contributed by atoms with van der Waals surface area (Å²) in [6.07, 6.45) is -1.25. The van der Waals surface area contributed by atoms with Gasteiger partial charge >= 0.3 is 6.18 Å². The molecule has 1 aromatic rings. The highest BCUT2D eigenvalue weighted by Gasteiger charge is 2.30. The van der Waals surface area contributed by atoms with Crippen LogP contribution in [0.5, 0.6) is 0 Å². The van der Waals surface area contributed by atoms with Gasteiger partial charge in [0.25, 0.3) is 0 Å². The summed E-state index contributed by atoms with van der Waals surface area (Å²) in [6.45, 7) is 8.41. The van der Waals surface area contributed by atoms with E-state index in [1.165, 1.54) is 0 Å². The Morgan fingerprint density at radius 3 is 1.75 bits per heavy atom. The Labute approximate surface area is 119 Å². The fourth-order valence-electron chi connectivity index (χ4n) is 2.56. The molecule has 0 saturated heterocycles. The number of hydrogen-bond donors (Lipinski definition) is 1. The van der Waals surface area contributed by atoms with Gasteiger partial charge in [0.05, 0.1) is 5.56 Å². The van der Waals surface area contributed by atoms with Gasteiger partial charge in [-0.05, 0) is 43.9 Å². The van der Waals surface area contributed by atoms with E-state index < -0.39 is 11.7 Å². The zero-order valence-electron chi connectivity index (χ0n) is 12.6. The van der Waals surface area contributed by atoms with E-state index in [-0.39, 0.29) is 11.6 Å². The second-order valence-corrected chi connectivity index (χ2v) is 5.33. The molecule has 0 aliphatic rings. The number of nitrogens with one attached hydrogen (secondary N) is 1. The first-order valence-electron chi connectivity index (χ1n) is 7.22. The minimum absolute atomic E-state index is 0.0390. The molecule has 0 spiro atoms. The third kappa shape index (κ3) is 3.98. The second-order valence-electron chi connectivity index (χ2n) is 5.33. The van der Waals surface area contributed by atoms with Gasteiger partial charge in [0.1, 0.15) is 0 Å². The molecular formula is C16H24F3N. The maximum atomic E-state index is 12.5. The number of hydrogen-bond acceptors (Lipinski definition) is 1. The lowest BCUT2D eigenvalue weighted by atomic mass is 9.88. The number of rotatable bonds is 6. The maximum Gasteiger partial charge on any atom is 0.416 e. The fraction of sp³-hybridized carbons (Fsp3) is 0.625. The summed E-state index contributed by atoms with van der Waals surface area (Å²) in [6, 6.07) is 5.47. The molecule has 1 unspecified atom stereocenters. The molecule has 20 heavy (non-hydrogen) atoms. The minimum atomic E-state index is -4.27. The number of benzene rings is 1. The van der Waals surface area contributed by atoms with E-state index in [0.29, 0.717) is 0 Å². The summed E-state index contributed by atoms with van der Waals surface area (Å²) in [5, 5.41) is 3.57. The van der Waals surface area contributed by atoms with Gasteiger partial charge in [-0.25, -0.2) is 0 Å². The Bertz CT molecular complexity index is 396. The zero-order valence-corrected chi connectivity index (χ0v) is 12.6. The Kier molecular flexibility index (Phi) is 5.63. The van der Waals surface area contributed by atoms with Crippen LogP contribution in [-0.2, 0) is 6.18 Å². The van der Waals surface area contributed by atoms with Gasteiger partial charge in [0.2, 0.25) is 0 Å². The van der Waals surface area contributed by atoms with Gasteiger partial charge in [0.15, 0.2) is 0 Å². The molecular weight excluding hydrogens is 263 g/mol. The van der Waals surface area contributed by atoms with Crippen molar-refractivity contribution in [2.45, 2.75) is 64.7 Å². The van der Waals surface area contributed by atoms with Crippen molar-refractivity contribution in [3.05, 3.63) is 35.4 Å². The van der Waals surface area contributed by atoms with Crippen LogP contribution in [0.25, 0.3) is 0 Å². The third-order valence-corrected chi connectivity index (χ3v) is 4.29. The van der Waals surface area contributed by atoms with Crippen LogP contribution in [0.3, 0.4) is 0 Å². The van der Waals surface area contributed by atoms with Gasteiger partial charge in [0, 0.05) is 11.6 Å². The summed E-state index contributed by atoms with van der Waals surface area (Å²) >= 11 is 0. The predicted molar refractivity (Wildman–Crippen MR) is 76.6 cm³/mol. The molecule has 1 aromatic carbocycles. The molecule has 1 nitrogen and oxygen atoms in total. The molecule has 0 bridgehead atoms. The standard InChI is InChI=1S/C16H24F3N/c1-5-15(6-2,7-3)20-12(4)13-8-10-14(11-9-13)16(17,18)19/h8-12,20H,5-7H2,1-4H3. The highest BCUT2D eigenvalue weighted by atomic mass is 19.4. The molecule has 1 N–H and O–H groups in total. The van der Waals surface area contributed by atoms with Crippen molar-refractivity contribution >= 4 is 0 Å². The SMILES string of the molecule is CCC(CC)(CC)NC(C)c1ccc(C(F)(F)F)cc1. The molecule has 1 atom stereocenters. The maximum absolute atomic E-state index is 12.5. The lowest BCUT2D eigenvalue weighted by Crippen LogP contribution is -2.44. The molecule has 0 amide bonds. The molecule has 0 aliphatic carbocycles. The van der Waals surface area contributed by atoms with Gasteiger partial charge < -0.3 is 5.32 Å². The van der Waals surface area contributed by atoms with Crippen LogP contribution >= 0.6 is 0 Å². The van der Waals surface area contributed by atoms with Crippen molar-refractivity contribution in [1.29, 1.82) is 0 Å². The van der Waals surface area contributed by atoms with Crippen LogP contribution in [0.15, 0.2) is 24.3 Å². The van der Waals surface area contributed by atoms with E-state index in [4.69, 9.17) is 0 Å². The lowest BCUT2D eigenvalue weighted by molar-refractivity contribution is -0.137. The van der Waals surface area contributed by atoms with Gasteiger partial charge in [-0.2, -0.15) is 13.2 Å². The van der Waals surface area contributed by atoms with Crippen molar-refractivity contribution < 1.29 is 13.2 Å². The van der Waals surface area contributed by atoms with E-state index in [1.54, 1.807) is 12.1 Å². The Hall–Kier alpha value is -1.03. The summed E-state index contributed by atoms with van der Waals surface area (Å²) in [5.41, 5.74) is 0.348. The quantitative estimate of drug-likeness (QED) is 0.746. The van der Waals surface area contributed by atoms with Crippen molar-refractivity contribution in [1.82, 2.24) is 5.32 Å². The number of halogens is 3. The monoisotopic (exact) mass is 287 g/mol. The van der Waals surface area contributed by atoms with Crippen LogP contribution in [0.1, 0.15) is 64.1 Å². The van der Waals surface area contributed by atoms with Crippen molar-refractivity contribution in [2.24, 2.45) is 0 Å². The molecule has 0 radical (unpaired) electrons. The van der Waals surface area contributed by atoms with E-state index in [2.05, 4.69) is 26.1 Å². The first-order valence-corrected chi connectivity index (χ1v) is 7.22. The molecule has 0 aliphatic heterocycles. The zero-order chi connectivity index (χ0) is 15.4. The largest absolute Gasteiger partial charge is 0.416 e. The topological polar surface area (TPSA) is 12.0 Å². The number of alkyl halides is 3. The average molecular weight is 287 g/mol. The van der Waals surface area contributed by atoms with E-state index >= 15 is 0 Å². The molecule has 0 saturated carbocycles. The van der Waals surface area contributed by atoms with Crippen molar-refractivity contribution in [3.63, 3.8) is 0 Å². The second kappa shape index (κ2) is 6.61. The van der Waals surface area contributed by atoms with Crippen LogP contribution in [-0.4, -0.2) is 5.54 Å². The summed E-state index contributed by atoms with van der Waals surface area (Å²) in [5.74, 6) is 0. The molecule has 0 fully saturated rings. The van der Waals surface area contributed by atoms with Gasteiger partial charge in [-0.15, -0.1) is 0 Å². The van der Waals surface area contributed by atoms with E-state index in [0.717, 1.165) is 37.0 Å². The Morgan fingerprint density at radius 1 is 0.950 bits per heavy atom. The van der Waals surface area contributed by atoms with E-state index in [1.807, 2.05) is 6.92 Å². The highest BCUT2D eigenvalue weighted by Crippen LogP contribution is 2.30. The fourth-order valence-corrected chi connectivity index (χ4v) is 2.56. The molecule has 1 rings (SSSR count). The summed E-state index contributed by atoms with van der Waals surface area (Å²) in [7, 11) is 0. The third-order valence-electron chi connectivity index (χ3n) is 4.29. The van der Waals surface area contributed by atoms with E-state index in [9.17, 15) is 13.2 Å². The van der Waals surface area contributed by atoms with Crippen molar-refractivity contribution in [2.75, 3.05) is 0 Å². The average Bonchev–Trinajstić information content (AvgIpc) is 2.44. The predicted octanol–water partition coefficient (Wildman–Crippen LogP) is 5.32. The molecule has 0 heterocycles. The highest BCUT2D eigenvalue weighted by molar-refractivity contribution is 5.26. The Balaban J connectivity index is 2.85. The first kappa shape index (κ1) is 17.0. The van der Waals surface area contributed by atoms with Crippen molar-refractivity contribution in [3.8, 4) is 0 Å². The van der Waals surface area contributed by atoms with Crippen LogP contribution in [0.2, 0.25) is 0 Å². The lowest BCUT2D eigenvalue weighted by Gasteiger charge is -2.35. The van der Waals surface area contributed by atoms with Crippen LogP contribution in [0.4, 0.5) is 13.2 Å². The Morgan fingerprint density at radius 2 is 1.40 bits per heavy atom. The molecule has 0 aromatic heterocycles. The van der Waals surface area contributed by atoms with Crippen LogP contribution in [0, 0.1) is 0 Å². The smallest absolute Gasteiger partial charge is 0.305 e. The first-order chi connectivity index (χ1) is 9.28. The van der Waals surface area contributed by atoms with Gasteiger partial charge in [-0.1, -0.05) is 32.9 Å². The summed E-state index contributed by atoms with van der Waals surface area (Å²) < 4.78 is 37.6.